The first-order valence-electron chi connectivity index (χ1n) is 7.28. The van der Waals surface area contributed by atoms with Crippen molar-refractivity contribution < 1.29 is 4.79 Å². The van der Waals surface area contributed by atoms with Crippen LogP contribution in [0.2, 0.25) is 0 Å². The van der Waals surface area contributed by atoms with Crippen LogP contribution in [0.25, 0.3) is 0 Å². The van der Waals surface area contributed by atoms with Crippen LogP contribution in [0.5, 0.6) is 0 Å². The molecule has 108 valence electrons. The van der Waals surface area contributed by atoms with Gasteiger partial charge in [-0.25, -0.2) is 4.79 Å². The van der Waals surface area contributed by atoms with Gasteiger partial charge in [0.05, 0.1) is 5.54 Å². The van der Waals surface area contributed by atoms with Crippen LogP contribution in [0.1, 0.15) is 45.1 Å². The SMILES string of the molecule is CCCCCC1(C)C(N)=NC(=O)N1Cc1ccccc1. The second kappa shape index (κ2) is 6.07. The lowest BCUT2D eigenvalue weighted by Gasteiger charge is -2.35. The number of nitrogens with two attached hydrogens (primary N) is 1. The third-order valence-corrected chi connectivity index (χ3v) is 4.05. The third-order valence-electron chi connectivity index (χ3n) is 4.05. The highest BCUT2D eigenvalue weighted by atomic mass is 16.2. The van der Waals surface area contributed by atoms with Gasteiger partial charge in [-0.2, -0.15) is 4.99 Å². The van der Waals surface area contributed by atoms with Gasteiger partial charge < -0.3 is 10.6 Å². The molecule has 0 aromatic heterocycles. The summed E-state index contributed by atoms with van der Waals surface area (Å²) in [6.07, 6.45) is 4.23. The van der Waals surface area contributed by atoms with E-state index in [1.54, 1.807) is 4.90 Å². The maximum Gasteiger partial charge on any atom is 0.346 e. The van der Waals surface area contributed by atoms with Crippen molar-refractivity contribution >= 4 is 11.9 Å². The average Bonchev–Trinajstić information content (AvgIpc) is 2.64. The van der Waals surface area contributed by atoms with Crippen molar-refractivity contribution in [3.05, 3.63) is 35.9 Å². The van der Waals surface area contributed by atoms with Crippen LogP contribution >= 0.6 is 0 Å². The molecule has 0 bridgehead atoms. The molecule has 1 unspecified atom stereocenters. The first-order valence-corrected chi connectivity index (χ1v) is 7.28. The van der Waals surface area contributed by atoms with E-state index in [-0.39, 0.29) is 6.03 Å². The van der Waals surface area contributed by atoms with Crippen molar-refractivity contribution in [2.75, 3.05) is 0 Å². The number of amides is 2. The number of hydrogen-bond donors (Lipinski definition) is 1. The number of aliphatic imine (C=N–C) groups is 1. The summed E-state index contributed by atoms with van der Waals surface area (Å²) in [6, 6.07) is 9.76. The molecule has 0 spiro atoms. The van der Waals surface area contributed by atoms with Crippen LogP contribution in [0.4, 0.5) is 4.79 Å². The van der Waals surface area contributed by atoms with Gasteiger partial charge in [0.2, 0.25) is 0 Å². The predicted octanol–water partition coefficient (Wildman–Crippen LogP) is 3.32. The summed E-state index contributed by atoms with van der Waals surface area (Å²) in [5.41, 5.74) is 6.68. The topological polar surface area (TPSA) is 58.7 Å². The van der Waals surface area contributed by atoms with Crippen molar-refractivity contribution in [1.82, 2.24) is 4.90 Å². The van der Waals surface area contributed by atoms with Crippen molar-refractivity contribution in [1.29, 1.82) is 0 Å². The van der Waals surface area contributed by atoms with E-state index in [9.17, 15) is 4.79 Å². The zero-order valence-electron chi connectivity index (χ0n) is 12.3. The molecular weight excluding hydrogens is 250 g/mol. The highest BCUT2D eigenvalue weighted by molar-refractivity contribution is 6.05. The fourth-order valence-corrected chi connectivity index (χ4v) is 2.62. The van der Waals surface area contributed by atoms with E-state index in [1.807, 2.05) is 37.3 Å². The number of nitrogens with zero attached hydrogens (tertiary/aromatic N) is 2. The molecule has 0 radical (unpaired) electrons. The molecule has 0 saturated carbocycles. The highest BCUT2D eigenvalue weighted by Crippen LogP contribution is 2.30. The number of rotatable bonds is 6. The van der Waals surface area contributed by atoms with Gasteiger partial charge in [-0.1, -0.05) is 56.5 Å². The summed E-state index contributed by atoms with van der Waals surface area (Å²) < 4.78 is 0. The van der Waals surface area contributed by atoms with Gasteiger partial charge in [0, 0.05) is 6.54 Å². The molecule has 4 heteroatoms. The number of carbonyl (C=O) groups excluding carboxylic acids is 1. The van der Waals surface area contributed by atoms with Crippen molar-refractivity contribution in [3.8, 4) is 0 Å². The summed E-state index contributed by atoms with van der Waals surface area (Å²) in [5.74, 6) is 0.453. The number of hydrogen-bond acceptors (Lipinski definition) is 2. The Morgan fingerprint density at radius 1 is 1.25 bits per heavy atom. The fourth-order valence-electron chi connectivity index (χ4n) is 2.62. The van der Waals surface area contributed by atoms with Crippen molar-refractivity contribution in [2.45, 2.75) is 51.6 Å². The monoisotopic (exact) mass is 273 g/mol. The Labute approximate surface area is 120 Å². The Hall–Kier alpha value is -1.84. The normalized spacial score (nSPS) is 22.2. The molecule has 1 aliphatic heterocycles. The van der Waals surface area contributed by atoms with E-state index < -0.39 is 5.54 Å². The van der Waals surface area contributed by atoms with Gasteiger partial charge in [-0.05, 0) is 18.9 Å². The molecule has 1 aliphatic rings. The maximum absolute atomic E-state index is 12.1. The van der Waals surface area contributed by atoms with Crippen molar-refractivity contribution in [2.24, 2.45) is 10.7 Å². The molecule has 1 atom stereocenters. The van der Waals surface area contributed by atoms with Crippen LogP contribution in [0.15, 0.2) is 35.3 Å². The van der Waals surface area contributed by atoms with Crippen LogP contribution in [0.3, 0.4) is 0 Å². The van der Waals surface area contributed by atoms with E-state index in [0.29, 0.717) is 12.4 Å². The van der Waals surface area contributed by atoms with E-state index in [0.717, 1.165) is 31.2 Å². The van der Waals surface area contributed by atoms with E-state index in [1.165, 1.54) is 0 Å². The Morgan fingerprint density at radius 2 is 1.95 bits per heavy atom. The molecule has 2 amide bonds. The van der Waals surface area contributed by atoms with Gasteiger partial charge in [0.15, 0.2) is 0 Å². The first-order chi connectivity index (χ1) is 9.58. The lowest BCUT2D eigenvalue weighted by Crippen LogP contribution is -2.51. The minimum absolute atomic E-state index is 0.217. The van der Waals surface area contributed by atoms with Gasteiger partial charge in [-0.3, -0.25) is 0 Å². The number of benzene rings is 1. The summed E-state index contributed by atoms with van der Waals surface area (Å²) in [7, 11) is 0. The number of unbranched alkanes of at least 4 members (excludes halogenated alkanes) is 2. The predicted molar refractivity (Wildman–Crippen MR) is 81.6 cm³/mol. The zero-order valence-corrected chi connectivity index (χ0v) is 12.3. The molecule has 20 heavy (non-hydrogen) atoms. The molecule has 0 fully saturated rings. The second-order valence-electron chi connectivity index (χ2n) is 5.58. The molecule has 2 rings (SSSR count). The van der Waals surface area contributed by atoms with Gasteiger partial charge in [-0.15, -0.1) is 0 Å². The molecule has 1 aromatic carbocycles. The van der Waals surface area contributed by atoms with Gasteiger partial charge in [0.25, 0.3) is 0 Å². The Morgan fingerprint density at radius 3 is 2.60 bits per heavy atom. The molecule has 0 saturated heterocycles. The molecule has 0 aliphatic carbocycles. The summed E-state index contributed by atoms with van der Waals surface area (Å²) in [5, 5.41) is 0. The van der Waals surface area contributed by atoms with Crippen LogP contribution in [-0.4, -0.2) is 22.3 Å². The van der Waals surface area contributed by atoms with E-state index >= 15 is 0 Å². The largest absolute Gasteiger partial charge is 0.385 e. The molecule has 2 N–H and O–H groups in total. The Kier molecular flexibility index (Phi) is 4.42. The zero-order chi connectivity index (χ0) is 14.6. The summed E-state index contributed by atoms with van der Waals surface area (Å²) >= 11 is 0. The Bertz CT molecular complexity index is 498. The van der Waals surface area contributed by atoms with Crippen LogP contribution in [-0.2, 0) is 6.54 Å². The number of urea groups is 1. The highest BCUT2D eigenvalue weighted by Gasteiger charge is 2.43. The van der Waals surface area contributed by atoms with Gasteiger partial charge >= 0.3 is 6.03 Å². The molecule has 4 nitrogen and oxygen atoms in total. The smallest absolute Gasteiger partial charge is 0.346 e. The Balaban J connectivity index is 2.14. The van der Waals surface area contributed by atoms with E-state index in [4.69, 9.17) is 5.73 Å². The van der Waals surface area contributed by atoms with Gasteiger partial charge in [0.1, 0.15) is 5.84 Å². The fraction of sp³-hybridized carbons (Fsp3) is 0.500. The maximum atomic E-state index is 12.1. The summed E-state index contributed by atoms with van der Waals surface area (Å²) in [6.45, 7) is 4.75. The average molecular weight is 273 g/mol. The standard InChI is InChI=1S/C16H23N3O/c1-3-4-8-11-16(2)14(17)18-15(20)19(16)12-13-9-6-5-7-10-13/h5-7,9-10H,3-4,8,11-12H2,1-2H3,(H2,17,18,20). The van der Waals surface area contributed by atoms with E-state index in [2.05, 4.69) is 11.9 Å². The molecular formula is C16H23N3O. The lowest BCUT2D eigenvalue weighted by atomic mass is 9.91. The second-order valence-corrected chi connectivity index (χ2v) is 5.58. The van der Waals surface area contributed by atoms with Crippen LogP contribution in [0, 0.1) is 0 Å². The third kappa shape index (κ3) is 2.84. The van der Waals surface area contributed by atoms with Crippen molar-refractivity contribution in [3.63, 3.8) is 0 Å². The minimum atomic E-state index is -0.442. The molecule has 1 heterocycles. The molecule has 1 aromatic rings. The van der Waals surface area contributed by atoms with Crippen LogP contribution < -0.4 is 5.73 Å². The lowest BCUT2D eigenvalue weighted by molar-refractivity contribution is 0.167. The summed E-state index contributed by atoms with van der Waals surface area (Å²) in [4.78, 5) is 17.9. The number of amidine groups is 1. The number of carbonyl (C=O) groups is 1. The minimum Gasteiger partial charge on any atom is -0.385 e. The quantitative estimate of drug-likeness (QED) is 0.808. The first kappa shape index (κ1) is 14.6.